The third kappa shape index (κ3) is 5.66. The van der Waals surface area contributed by atoms with Gasteiger partial charge in [0.2, 0.25) is 0 Å². The largest absolute Gasteiger partial charge is 0.339 e. The molecule has 1 aliphatic rings. The molecule has 1 aliphatic heterocycles. The second-order valence-corrected chi connectivity index (χ2v) is 12.4. The molecule has 1 aromatic heterocycles. The summed E-state index contributed by atoms with van der Waals surface area (Å²) in [5, 5.41) is 0. The minimum Gasteiger partial charge on any atom is -0.339 e. The standard InChI is InChI=1S/C31H29F3N4O5S/c1-18-9-10-23(44(42,43)35-28-19(2)36(3)38(31(28)41)22-7-5-4-6-8-22)17-24(18)30(40)37-13-11-20(12-14-37)29(39)27-25(33)15-21(32)16-26(27)34/h4-10,15-17,20,35H,11-14H2,1-3H3. The van der Waals surface area contributed by atoms with E-state index >= 15 is 0 Å². The minimum atomic E-state index is -4.30. The minimum absolute atomic E-state index is 0.0799. The van der Waals surface area contributed by atoms with Gasteiger partial charge in [-0.25, -0.2) is 26.3 Å². The van der Waals surface area contributed by atoms with Crippen molar-refractivity contribution in [1.29, 1.82) is 0 Å². The number of hydrogen-bond acceptors (Lipinski definition) is 5. The molecule has 5 rings (SSSR count). The summed E-state index contributed by atoms with van der Waals surface area (Å²) < 4.78 is 73.7. The third-order valence-electron chi connectivity index (χ3n) is 7.95. The van der Waals surface area contributed by atoms with Crippen LogP contribution in [0.1, 0.15) is 44.8 Å². The average Bonchev–Trinajstić information content (AvgIpc) is 3.19. The molecule has 13 heteroatoms. The monoisotopic (exact) mass is 626 g/mol. The molecule has 0 aliphatic carbocycles. The van der Waals surface area contributed by atoms with Crippen LogP contribution < -0.4 is 10.3 Å². The summed E-state index contributed by atoms with van der Waals surface area (Å²) in [6, 6.07) is 13.7. The summed E-state index contributed by atoms with van der Waals surface area (Å²) >= 11 is 0. The molecule has 0 radical (unpaired) electrons. The highest BCUT2D eigenvalue weighted by Crippen LogP contribution is 2.28. The molecular formula is C31H29F3N4O5S. The van der Waals surface area contributed by atoms with Gasteiger partial charge in [-0.15, -0.1) is 0 Å². The van der Waals surface area contributed by atoms with Gasteiger partial charge < -0.3 is 4.90 Å². The van der Waals surface area contributed by atoms with E-state index < -0.39 is 56.2 Å². The number of halogens is 3. The third-order valence-corrected chi connectivity index (χ3v) is 9.29. The van der Waals surface area contributed by atoms with E-state index in [0.717, 1.165) is 0 Å². The number of sulfonamides is 1. The van der Waals surface area contributed by atoms with Crippen LogP contribution in [0.2, 0.25) is 0 Å². The number of benzene rings is 3. The molecule has 0 saturated carbocycles. The van der Waals surface area contributed by atoms with Crippen LogP contribution in [0.15, 0.2) is 70.4 Å². The molecule has 0 unspecified atom stereocenters. The van der Waals surface area contributed by atoms with Crippen molar-refractivity contribution in [3.8, 4) is 5.69 Å². The molecule has 4 aromatic rings. The van der Waals surface area contributed by atoms with E-state index in [1.807, 2.05) is 0 Å². The number of amides is 1. The van der Waals surface area contributed by atoms with Gasteiger partial charge in [0, 0.05) is 43.8 Å². The summed E-state index contributed by atoms with van der Waals surface area (Å²) in [6.07, 6.45) is 0.223. The number of ketones is 1. The smallest absolute Gasteiger partial charge is 0.296 e. The Labute approximate surface area is 251 Å². The van der Waals surface area contributed by atoms with Crippen LogP contribution in [0.25, 0.3) is 5.69 Å². The molecule has 44 heavy (non-hydrogen) atoms. The van der Waals surface area contributed by atoms with Gasteiger partial charge in [-0.3, -0.25) is 23.8 Å². The van der Waals surface area contributed by atoms with Gasteiger partial charge in [0.05, 0.1) is 21.8 Å². The maximum Gasteiger partial charge on any atom is 0.296 e. The van der Waals surface area contributed by atoms with Gasteiger partial charge in [0.1, 0.15) is 23.1 Å². The van der Waals surface area contributed by atoms with E-state index in [2.05, 4.69) is 4.72 Å². The number of para-hydroxylation sites is 1. The Balaban J connectivity index is 1.34. The van der Waals surface area contributed by atoms with E-state index in [-0.39, 0.29) is 42.1 Å². The maximum absolute atomic E-state index is 14.2. The molecule has 0 spiro atoms. The number of carbonyl (C=O) groups excluding carboxylic acids is 2. The van der Waals surface area contributed by atoms with E-state index in [0.29, 0.717) is 29.1 Å². The van der Waals surface area contributed by atoms with Gasteiger partial charge >= 0.3 is 0 Å². The van der Waals surface area contributed by atoms with E-state index in [1.54, 1.807) is 51.2 Å². The van der Waals surface area contributed by atoms with Gasteiger partial charge in [0.15, 0.2) is 5.78 Å². The molecule has 9 nitrogen and oxygen atoms in total. The molecular weight excluding hydrogens is 597 g/mol. The number of likely N-dealkylation sites (tertiary alicyclic amines) is 1. The number of piperidine rings is 1. The number of Topliss-reactive ketones (excluding diaryl/α,β-unsaturated/α-hetero) is 1. The Morgan fingerprint density at radius 3 is 2.14 bits per heavy atom. The van der Waals surface area contributed by atoms with Crippen molar-refractivity contribution in [2.24, 2.45) is 13.0 Å². The summed E-state index contributed by atoms with van der Waals surface area (Å²) in [5.41, 5.74) is 0.0386. The van der Waals surface area contributed by atoms with Crippen LogP contribution in [0.4, 0.5) is 18.9 Å². The van der Waals surface area contributed by atoms with Gasteiger partial charge in [-0.1, -0.05) is 24.3 Å². The highest BCUT2D eigenvalue weighted by Gasteiger charge is 2.32. The number of aryl methyl sites for hydroxylation is 1. The molecule has 230 valence electrons. The summed E-state index contributed by atoms with van der Waals surface area (Å²) in [5.74, 6) is -5.75. The van der Waals surface area contributed by atoms with Crippen molar-refractivity contribution < 1.29 is 31.2 Å². The van der Waals surface area contributed by atoms with Gasteiger partial charge in [-0.05, 0) is 56.5 Å². The number of anilines is 1. The lowest BCUT2D eigenvalue weighted by atomic mass is 9.88. The topological polar surface area (TPSA) is 110 Å². The Morgan fingerprint density at radius 2 is 1.52 bits per heavy atom. The number of hydrogen-bond donors (Lipinski definition) is 1. The lowest BCUT2D eigenvalue weighted by molar-refractivity contribution is 0.0647. The molecule has 0 bridgehead atoms. The quantitative estimate of drug-likeness (QED) is 0.298. The molecule has 1 N–H and O–H groups in total. The van der Waals surface area contributed by atoms with Crippen LogP contribution >= 0.6 is 0 Å². The molecule has 2 heterocycles. The number of rotatable bonds is 7. The van der Waals surface area contributed by atoms with E-state index in [9.17, 15) is 36.0 Å². The van der Waals surface area contributed by atoms with E-state index in [4.69, 9.17) is 0 Å². The average molecular weight is 627 g/mol. The van der Waals surface area contributed by atoms with Crippen molar-refractivity contribution in [1.82, 2.24) is 14.3 Å². The number of carbonyl (C=O) groups is 2. The van der Waals surface area contributed by atoms with Crippen molar-refractivity contribution in [3.05, 3.63) is 111 Å². The molecule has 3 aromatic carbocycles. The molecule has 1 fully saturated rings. The predicted octanol–water partition coefficient (Wildman–Crippen LogP) is 4.75. The zero-order valence-corrected chi connectivity index (χ0v) is 24.9. The first-order valence-corrected chi connectivity index (χ1v) is 15.2. The van der Waals surface area contributed by atoms with E-state index in [1.165, 1.54) is 32.5 Å². The van der Waals surface area contributed by atoms with Crippen molar-refractivity contribution >= 4 is 27.4 Å². The lowest BCUT2D eigenvalue weighted by Gasteiger charge is -2.32. The number of aromatic nitrogens is 2. The van der Waals surface area contributed by atoms with Gasteiger partial charge in [-0.2, -0.15) is 0 Å². The van der Waals surface area contributed by atoms with Crippen LogP contribution in [-0.4, -0.2) is 47.5 Å². The zero-order chi connectivity index (χ0) is 31.9. The zero-order valence-electron chi connectivity index (χ0n) is 24.1. The fraction of sp³-hybridized carbons (Fsp3) is 0.258. The Bertz CT molecular complexity index is 1920. The lowest BCUT2D eigenvalue weighted by Crippen LogP contribution is -2.40. The first-order valence-electron chi connectivity index (χ1n) is 13.8. The van der Waals surface area contributed by atoms with Crippen LogP contribution in [0.5, 0.6) is 0 Å². The van der Waals surface area contributed by atoms with Crippen molar-refractivity contribution in [3.63, 3.8) is 0 Å². The summed E-state index contributed by atoms with van der Waals surface area (Å²) in [6.45, 7) is 3.41. The summed E-state index contributed by atoms with van der Waals surface area (Å²) in [7, 11) is -2.67. The Kier molecular flexibility index (Phi) is 8.25. The van der Waals surface area contributed by atoms with Crippen molar-refractivity contribution in [2.75, 3.05) is 17.8 Å². The first kappa shape index (κ1) is 30.8. The second-order valence-electron chi connectivity index (χ2n) is 10.7. The predicted molar refractivity (Wildman–Crippen MR) is 157 cm³/mol. The normalized spacial score (nSPS) is 14.1. The Morgan fingerprint density at radius 1 is 0.909 bits per heavy atom. The molecule has 0 atom stereocenters. The van der Waals surface area contributed by atoms with Crippen LogP contribution in [-0.2, 0) is 17.1 Å². The number of nitrogens with zero attached hydrogens (tertiary/aromatic N) is 3. The maximum atomic E-state index is 14.2. The highest BCUT2D eigenvalue weighted by atomic mass is 32.2. The highest BCUT2D eigenvalue weighted by molar-refractivity contribution is 7.92. The fourth-order valence-electron chi connectivity index (χ4n) is 5.37. The van der Waals surface area contributed by atoms with Gasteiger partial charge in [0.25, 0.3) is 21.5 Å². The SMILES string of the molecule is Cc1ccc(S(=O)(=O)Nc2c(C)n(C)n(-c3ccccc3)c2=O)cc1C(=O)N1CCC(C(=O)c2c(F)cc(F)cc2F)CC1. The first-order chi connectivity index (χ1) is 20.8. The molecule has 1 amide bonds. The van der Waals surface area contributed by atoms with Crippen molar-refractivity contribution in [2.45, 2.75) is 31.6 Å². The van der Waals surface area contributed by atoms with Crippen LogP contribution in [0.3, 0.4) is 0 Å². The summed E-state index contributed by atoms with van der Waals surface area (Å²) in [4.78, 5) is 40.7. The van der Waals surface area contributed by atoms with Crippen LogP contribution in [0, 0.1) is 37.2 Å². The second kappa shape index (κ2) is 11.8. The fourth-order valence-corrected chi connectivity index (χ4v) is 6.52. The molecule has 1 saturated heterocycles. The number of nitrogens with one attached hydrogen (secondary N) is 1. The Hall–Kier alpha value is -4.65.